The van der Waals surface area contributed by atoms with Crippen LogP contribution < -0.4 is 10.2 Å². The molecular weight excluding hydrogens is 455 g/mol. The molecule has 0 atom stereocenters. The van der Waals surface area contributed by atoms with Crippen molar-refractivity contribution in [1.82, 2.24) is 0 Å². The van der Waals surface area contributed by atoms with Gasteiger partial charge in [0.25, 0.3) is 5.91 Å². The van der Waals surface area contributed by atoms with Crippen LogP contribution in [0.2, 0.25) is 0 Å². The van der Waals surface area contributed by atoms with Gasteiger partial charge in [-0.15, -0.1) is 0 Å². The fourth-order valence-electron chi connectivity index (χ4n) is 3.06. The van der Waals surface area contributed by atoms with Crippen LogP contribution in [0.5, 0.6) is 0 Å². The molecule has 0 fully saturated rings. The number of carbonyl (C=O) groups is 2. The number of hydrogen-bond acceptors (Lipinski definition) is 5. The summed E-state index contributed by atoms with van der Waals surface area (Å²) in [5, 5.41) is 2.51. The summed E-state index contributed by atoms with van der Waals surface area (Å²) in [7, 11) is 0. The van der Waals surface area contributed by atoms with Crippen molar-refractivity contribution in [1.29, 1.82) is 0 Å². The Hall–Kier alpha value is -3.79. The molecule has 33 heavy (non-hydrogen) atoms. The Morgan fingerprint density at radius 2 is 1.79 bits per heavy atom. The smallest absolute Gasteiger partial charge is 0.418 e. The Kier molecular flexibility index (Phi) is 6.36. The number of amides is 2. The number of thioether (sulfide) groups is 1. The molecule has 10 heteroatoms. The number of carbonyl (C=O) groups excluding carboxylic acids is 2. The Morgan fingerprint density at radius 3 is 2.48 bits per heavy atom. The molecule has 6 nitrogen and oxygen atoms in total. The molecule has 168 valence electrons. The number of nitrogens with zero attached hydrogens (tertiary/aromatic N) is 2. The first-order chi connectivity index (χ1) is 15.8. The van der Waals surface area contributed by atoms with Crippen molar-refractivity contribution in [2.24, 2.45) is 4.99 Å². The topological polar surface area (TPSA) is 74.9 Å². The summed E-state index contributed by atoms with van der Waals surface area (Å²) >= 11 is 0.938. The second-order valence-electron chi connectivity index (χ2n) is 6.80. The van der Waals surface area contributed by atoms with Gasteiger partial charge in [0.05, 0.1) is 29.0 Å². The number of para-hydroxylation sites is 2. The Morgan fingerprint density at radius 1 is 1.06 bits per heavy atom. The van der Waals surface area contributed by atoms with Gasteiger partial charge in [-0.05, 0) is 36.4 Å². The third-order valence-corrected chi connectivity index (χ3v) is 5.44. The molecule has 0 spiro atoms. The van der Waals surface area contributed by atoms with E-state index < -0.39 is 23.6 Å². The number of rotatable bonds is 5. The summed E-state index contributed by atoms with van der Waals surface area (Å²) in [6.45, 7) is 0. The summed E-state index contributed by atoms with van der Waals surface area (Å²) in [6.07, 6.45) is -1.66. The lowest BCUT2D eigenvalue weighted by Crippen LogP contribution is -2.31. The van der Waals surface area contributed by atoms with Gasteiger partial charge in [0, 0.05) is 6.08 Å². The maximum Gasteiger partial charge on any atom is 0.418 e. The van der Waals surface area contributed by atoms with Crippen LogP contribution in [0.15, 0.2) is 88.1 Å². The van der Waals surface area contributed by atoms with Gasteiger partial charge in [0.2, 0.25) is 5.91 Å². The first-order valence-corrected chi connectivity index (χ1v) is 10.6. The molecule has 0 saturated heterocycles. The third-order valence-electron chi connectivity index (χ3n) is 4.51. The predicted octanol–water partition coefficient (Wildman–Crippen LogP) is 5.41. The van der Waals surface area contributed by atoms with E-state index in [0.29, 0.717) is 11.4 Å². The zero-order valence-electron chi connectivity index (χ0n) is 16.9. The SMILES string of the molecule is O=C(CSC1=N/C(=C\c2ccco2)C(=O)N1c1ccccc1)Nc1ccccc1C(F)(F)F. The average molecular weight is 471 g/mol. The normalized spacial score (nSPS) is 15.1. The molecule has 3 aromatic rings. The van der Waals surface area contributed by atoms with Crippen molar-refractivity contribution < 1.29 is 27.2 Å². The fourth-order valence-corrected chi connectivity index (χ4v) is 3.87. The summed E-state index contributed by atoms with van der Waals surface area (Å²) in [5.41, 5.74) is -0.622. The molecule has 1 N–H and O–H groups in total. The van der Waals surface area contributed by atoms with Crippen LogP contribution in [0, 0.1) is 0 Å². The molecule has 4 rings (SSSR count). The minimum atomic E-state index is -4.60. The van der Waals surface area contributed by atoms with Gasteiger partial charge in [-0.1, -0.05) is 42.1 Å². The zero-order chi connectivity index (χ0) is 23.4. The molecule has 1 aliphatic heterocycles. The lowest BCUT2D eigenvalue weighted by atomic mass is 10.1. The maximum atomic E-state index is 13.2. The Balaban J connectivity index is 1.54. The highest BCUT2D eigenvalue weighted by Gasteiger charge is 2.34. The van der Waals surface area contributed by atoms with Crippen molar-refractivity contribution in [3.63, 3.8) is 0 Å². The zero-order valence-corrected chi connectivity index (χ0v) is 17.7. The van der Waals surface area contributed by atoms with Gasteiger partial charge < -0.3 is 9.73 Å². The van der Waals surface area contributed by atoms with E-state index in [1.54, 1.807) is 42.5 Å². The maximum absolute atomic E-state index is 13.2. The summed E-state index contributed by atoms with van der Waals surface area (Å²) in [4.78, 5) is 31.1. The summed E-state index contributed by atoms with van der Waals surface area (Å²) in [5.74, 6) is -0.899. The van der Waals surface area contributed by atoms with Crippen LogP contribution in [0.4, 0.5) is 24.5 Å². The highest BCUT2D eigenvalue weighted by atomic mass is 32.2. The van der Waals surface area contributed by atoms with Gasteiger partial charge in [-0.3, -0.25) is 14.5 Å². The molecular formula is C23H16F3N3O3S. The van der Waals surface area contributed by atoms with E-state index in [9.17, 15) is 22.8 Å². The van der Waals surface area contributed by atoms with Crippen LogP contribution in [0.25, 0.3) is 6.08 Å². The van der Waals surface area contributed by atoms with E-state index in [-0.39, 0.29) is 22.3 Å². The van der Waals surface area contributed by atoms with Gasteiger partial charge in [0.15, 0.2) is 5.17 Å². The van der Waals surface area contributed by atoms with Crippen molar-refractivity contribution in [2.75, 3.05) is 16.0 Å². The van der Waals surface area contributed by atoms with Gasteiger partial charge in [-0.2, -0.15) is 13.2 Å². The van der Waals surface area contributed by atoms with Crippen molar-refractivity contribution in [2.45, 2.75) is 6.18 Å². The summed E-state index contributed by atoms with van der Waals surface area (Å²) in [6, 6.07) is 16.8. The van der Waals surface area contributed by atoms with Gasteiger partial charge in [-0.25, -0.2) is 4.99 Å². The number of alkyl halides is 3. The lowest BCUT2D eigenvalue weighted by Gasteiger charge is -2.18. The largest absolute Gasteiger partial charge is 0.465 e. The van der Waals surface area contributed by atoms with E-state index in [4.69, 9.17) is 4.42 Å². The van der Waals surface area contributed by atoms with Gasteiger partial charge >= 0.3 is 6.18 Å². The molecule has 0 bridgehead atoms. The van der Waals surface area contributed by atoms with E-state index in [1.807, 2.05) is 0 Å². The highest BCUT2D eigenvalue weighted by molar-refractivity contribution is 8.14. The van der Waals surface area contributed by atoms with E-state index in [0.717, 1.165) is 17.8 Å². The van der Waals surface area contributed by atoms with Gasteiger partial charge in [0.1, 0.15) is 11.5 Å². The predicted molar refractivity (Wildman–Crippen MR) is 121 cm³/mol. The molecule has 0 aliphatic carbocycles. The van der Waals surface area contributed by atoms with Crippen LogP contribution in [0.3, 0.4) is 0 Å². The van der Waals surface area contributed by atoms with Crippen LogP contribution >= 0.6 is 11.8 Å². The third kappa shape index (κ3) is 5.17. The molecule has 1 aromatic heterocycles. The fraction of sp³-hybridized carbons (Fsp3) is 0.0870. The quantitative estimate of drug-likeness (QED) is 0.505. The molecule has 0 saturated carbocycles. The molecule has 1 aliphatic rings. The summed E-state index contributed by atoms with van der Waals surface area (Å²) < 4.78 is 44.8. The number of furan rings is 1. The second-order valence-corrected chi connectivity index (χ2v) is 7.74. The lowest BCUT2D eigenvalue weighted by molar-refractivity contribution is -0.137. The number of amidine groups is 1. The Bertz CT molecular complexity index is 1220. The molecule has 2 heterocycles. The first-order valence-electron chi connectivity index (χ1n) is 9.65. The molecule has 0 unspecified atom stereocenters. The minimum absolute atomic E-state index is 0.110. The molecule has 2 amide bonds. The number of benzene rings is 2. The van der Waals surface area contributed by atoms with Crippen molar-refractivity contribution in [3.8, 4) is 0 Å². The van der Waals surface area contributed by atoms with Crippen molar-refractivity contribution >= 4 is 46.2 Å². The van der Waals surface area contributed by atoms with E-state index in [1.165, 1.54) is 35.4 Å². The number of aliphatic imine (C=N–C) groups is 1. The average Bonchev–Trinajstić information content (AvgIpc) is 3.41. The highest BCUT2D eigenvalue weighted by Crippen LogP contribution is 2.35. The molecule has 0 radical (unpaired) electrons. The number of nitrogens with one attached hydrogen (secondary N) is 1. The van der Waals surface area contributed by atoms with Crippen molar-refractivity contribution in [3.05, 3.63) is 90.0 Å². The number of anilines is 2. The monoisotopic (exact) mass is 471 g/mol. The standard InChI is InChI=1S/C23H16F3N3O3S/c24-23(25,26)17-10-4-5-11-18(17)27-20(30)14-33-22-28-19(13-16-9-6-12-32-16)21(31)29(22)15-7-2-1-3-8-15/h1-13H,14H2,(H,27,30)/b19-13-. The van der Waals surface area contributed by atoms with E-state index in [2.05, 4.69) is 10.3 Å². The van der Waals surface area contributed by atoms with E-state index >= 15 is 0 Å². The first kappa shape index (κ1) is 22.4. The number of halogens is 3. The van der Waals surface area contributed by atoms with Crippen LogP contribution in [0.1, 0.15) is 11.3 Å². The molecule has 2 aromatic carbocycles. The van der Waals surface area contributed by atoms with Crippen LogP contribution in [-0.2, 0) is 15.8 Å². The second kappa shape index (κ2) is 9.37. The Labute approximate surface area is 190 Å². The minimum Gasteiger partial charge on any atom is -0.465 e. The number of hydrogen-bond donors (Lipinski definition) is 1. The van der Waals surface area contributed by atoms with Crippen LogP contribution in [-0.4, -0.2) is 22.7 Å².